The highest BCUT2D eigenvalue weighted by Crippen LogP contribution is 2.19. The Kier molecular flexibility index (Phi) is 22.3. The van der Waals surface area contributed by atoms with Crippen LogP contribution in [0.4, 0.5) is 0 Å². The highest BCUT2D eigenvalue weighted by atomic mass is 16.5. The first kappa shape index (κ1) is 30.5. The van der Waals surface area contributed by atoms with Gasteiger partial charge in [-0.3, -0.25) is 4.79 Å². The molecule has 0 amide bonds. The predicted molar refractivity (Wildman–Crippen MR) is 138 cm³/mol. The molecule has 0 aliphatic carbocycles. The SMILES string of the molecule is CCCCCCCCCCCC(CCCCCC(C)C)OC(=O)CCCCCC(C)C. The molecule has 0 aromatic heterocycles. The minimum absolute atomic E-state index is 0.0488. The number of hydrogen-bond acceptors (Lipinski definition) is 2. The average molecular weight is 439 g/mol. The zero-order chi connectivity index (χ0) is 23.2. The zero-order valence-electron chi connectivity index (χ0n) is 22.2. The second-order valence-electron chi connectivity index (χ2n) is 10.8. The van der Waals surface area contributed by atoms with Gasteiger partial charge in [-0.05, 0) is 43.9 Å². The minimum Gasteiger partial charge on any atom is -0.462 e. The van der Waals surface area contributed by atoms with Crippen LogP contribution in [-0.2, 0) is 9.53 Å². The van der Waals surface area contributed by atoms with E-state index in [1.54, 1.807) is 0 Å². The Morgan fingerprint density at radius 3 is 1.42 bits per heavy atom. The van der Waals surface area contributed by atoms with Crippen molar-refractivity contribution < 1.29 is 9.53 Å². The average Bonchev–Trinajstić information content (AvgIpc) is 2.71. The second-order valence-corrected chi connectivity index (χ2v) is 10.8. The first-order valence-electron chi connectivity index (χ1n) is 14.1. The van der Waals surface area contributed by atoms with Gasteiger partial charge in [0, 0.05) is 6.42 Å². The van der Waals surface area contributed by atoms with Crippen LogP contribution in [0.3, 0.4) is 0 Å². The van der Waals surface area contributed by atoms with Crippen LogP contribution < -0.4 is 0 Å². The van der Waals surface area contributed by atoms with E-state index in [2.05, 4.69) is 34.6 Å². The van der Waals surface area contributed by atoms with E-state index in [4.69, 9.17) is 4.74 Å². The van der Waals surface area contributed by atoms with Crippen LogP contribution in [0.15, 0.2) is 0 Å². The summed E-state index contributed by atoms with van der Waals surface area (Å²) in [6, 6.07) is 0. The monoisotopic (exact) mass is 438 g/mol. The van der Waals surface area contributed by atoms with Crippen molar-refractivity contribution in [1.29, 1.82) is 0 Å². The molecule has 1 atom stereocenters. The van der Waals surface area contributed by atoms with Crippen molar-refractivity contribution in [3.8, 4) is 0 Å². The number of unbranched alkanes of at least 4 members (excludes halogenated alkanes) is 12. The maximum absolute atomic E-state index is 12.4. The quantitative estimate of drug-likeness (QED) is 0.117. The number of rotatable bonds is 23. The molecule has 31 heavy (non-hydrogen) atoms. The van der Waals surface area contributed by atoms with Crippen LogP contribution in [0.25, 0.3) is 0 Å². The third kappa shape index (κ3) is 24.0. The molecule has 0 aliphatic rings. The highest BCUT2D eigenvalue weighted by Gasteiger charge is 2.14. The van der Waals surface area contributed by atoms with Gasteiger partial charge in [-0.25, -0.2) is 0 Å². The van der Waals surface area contributed by atoms with Crippen molar-refractivity contribution in [2.45, 2.75) is 169 Å². The maximum atomic E-state index is 12.4. The number of carbonyl (C=O) groups excluding carboxylic acids is 1. The van der Waals surface area contributed by atoms with E-state index in [0.29, 0.717) is 6.42 Å². The zero-order valence-corrected chi connectivity index (χ0v) is 22.2. The van der Waals surface area contributed by atoms with E-state index in [1.165, 1.54) is 96.3 Å². The summed E-state index contributed by atoms with van der Waals surface area (Å²) in [6.45, 7) is 11.4. The summed E-state index contributed by atoms with van der Waals surface area (Å²) in [4.78, 5) is 12.4. The van der Waals surface area contributed by atoms with Crippen molar-refractivity contribution in [3.05, 3.63) is 0 Å². The molecule has 0 heterocycles. The summed E-state index contributed by atoms with van der Waals surface area (Å²) in [5.41, 5.74) is 0. The summed E-state index contributed by atoms with van der Waals surface area (Å²) in [5, 5.41) is 0. The Balaban J connectivity index is 4.04. The van der Waals surface area contributed by atoms with E-state index >= 15 is 0 Å². The van der Waals surface area contributed by atoms with Gasteiger partial charge < -0.3 is 4.74 Å². The molecule has 0 saturated carbocycles. The number of hydrogen-bond donors (Lipinski definition) is 0. The third-order valence-electron chi connectivity index (χ3n) is 6.40. The number of ether oxygens (including phenoxy) is 1. The van der Waals surface area contributed by atoms with Gasteiger partial charge in [0.25, 0.3) is 0 Å². The van der Waals surface area contributed by atoms with Crippen LogP contribution in [0.5, 0.6) is 0 Å². The summed E-state index contributed by atoms with van der Waals surface area (Å²) in [6.07, 6.45) is 24.8. The second kappa shape index (κ2) is 22.7. The van der Waals surface area contributed by atoms with E-state index in [9.17, 15) is 4.79 Å². The summed E-state index contributed by atoms with van der Waals surface area (Å²) >= 11 is 0. The third-order valence-corrected chi connectivity index (χ3v) is 6.40. The summed E-state index contributed by atoms with van der Waals surface area (Å²) in [7, 11) is 0. The van der Waals surface area contributed by atoms with E-state index in [1.807, 2.05) is 0 Å². The lowest BCUT2D eigenvalue weighted by Gasteiger charge is -2.18. The van der Waals surface area contributed by atoms with Gasteiger partial charge in [0.05, 0.1) is 0 Å². The molecule has 0 radical (unpaired) electrons. The molecule has 1 unspecified atom stereocenters. The first-order valence-corrected chi connectivity index (χ1v) is 14.1. The van der Waals surface area contributed by atoms with Gasteiger partial charge in [-0.15, -0.1) is 0 Å². The predicted octanol–water partition coefficient (Wildman–Crippen LogP) is 10.0. The fourth-order valence-corrected chi connectivity index (χ4v) is 4.29. The van der Waals surface area contributed by atoms with E-state index < -0.39 is 0 Å². The fourth-order valence-electron chi connectivity index (χ4n) is 4.29. The number of carbonyl (C=O) groups is 1. The Hall–Kier alpha value is -0.530. The molecular weight excluding hydrogens is 380 g/mol. The van der Waals surface area contributed by atoms with Crippen LogP contribution in [0.2, 0.25) is 0 Å². The van der Waals surface area contributed by atoms with Gasteiger partial charge >= 0.3 is 5.97 Å². The Labute approximate surface area is 196 Å². The molecule has 0 aliphatic heterocycles. The van der Waals surface area contributed by atoms with E-state index in [-0.39, 0.29) is 12.1 Å². The van der Waals surface area contributed by atoms with Gasteiger partial charge in [0.1, 0.15) is 6.10 Å². The van der Waals surface area contributed by atoms with E-state index in [0.717, 1.165) is 37.5 Å². The molecule has 0 saturated heterocycles. The van der Waals surface area contributed by atoms with Crippen LogP contribution in [0, 0.1) is 11.8 Å². The molecule has 0 N–H and O–H groups in total. The highest BCUT2D eigenvalue weighted by molar-refractivity contribution is 5.69. The summed E-state index contributed by atoms with van der Waals surface area (Å²) in [5.74, 6) is 1.61. The van der Waals surface area contributed by atoms with Gasteiger partial charge in [-0.1, -0.05) is 125 Å². The molecular formula is C29H58O2. The molecule has 2 nitrogen and oxygen atoms in total. The fraction of sp³-hybridized carbons (Fsp3) is 0.966. The molecule has 0 aromatic carbocycles. The topological polar surface area (TPSA) is 26.3 Å². The Morgan fingerprint density at radius 1 is 0.548 bits per heavy atom. The van der Waals surface area contributed by atoms with Gasteiger partial charge in [-0.2, -0.15) is 0 Å². The smallest absolute Gasteiger partial charge is 0.306 e. The standard InChI is InChI=1S/C29H58O2/c1-6-7-8-9-10-11-12-13-18-23-28(24-19-14-16-21-26(2)3)31-29(30)25-20-15-17-22-27(4)5/h26-28H,6-25H2,1-5H3. The molecule has 0 spiro atoms. The molecule has 0 bridgehead atoms. The van der Waals surface area contributed by atoms with Crippen molar-refractivity contribution in [1.82, 2.24) is 0 Å². The molecule has 0 aromatic rings. The van der Waals surface area contributed by atoms with Crippen LogP contribution in [-0.4, -0.2) is 12.1 Å². The lowest BCUT2D eigenvalue weighted by molar-refractivity contribution is -0.150. The number of esters is 1. The molecule has 0 rings (SSSR count). The lowest BCUT2D eigenvalue weighted by atomic mass is 10.00. The van der Waals surface area contributed by atoms with Crippen molar-refractivity contribution in [3.63, 3.8) is 0 Å². The molecule has 0 fully saturated rings. The summed E-state index contributed by atoms with van der Waals surface area (Å²) < 4.78 is 5.94. The van der Waals surface area contributed by atoms with Gasteiger partial charge in [0.2, 0.25) is 0 Å². The molecule has 2 heteroatoms. The maximum Gasteiger partial charge on any atom is 0.306 e. The van der Waals surface area contributed by atoms with Crippen molar-refractivity contribution >= 4 is 5.97 Å². The minimum atomic E-state index is 0.0488. The lowest BCUT2D eigenvalue weighted by Crippen LogP contribution is -2.18. The first-order chi connectivity index (χ1) is 15.0. The Bertz CT molecular complexity index is 375. The molecule has 186 valence electrons. The normalized spacial score (nSPS) is 12.6. The largest absolute Gasteiger partial charge is 0.462 e. The van der Waals surface area contributed by atoms with Crippen molar-refractivity contribution in [2.24, 2.45) is 11.8 Å². The van der Waals surface area contributed by atoms with Crippen molar-refractivity contribution in [2.75, 3.05) is 0 Å². The van der Waals surface area contributed by atoms with Crippen LogP contribution in [0.1, 0.15) is 163 Å². The Morgan fingerprint density at radius 2 is 0.935 bits per heavy atom. The van der Waals surface area contributed by atoms with Gasteiger partial charge in [0.15, 0.2) is 0 Å². The van der Waals surface area contributed by atoms with Crippen LogP contribution >= 0.6 is 0 Å².